The summed E-state index contributed by atoms with van der Waals surface area (Å²) in [5.41, 5.74) is 0.447. The second-order valence-corrected chi connectivity index (χ2v) is 7.64. The van der Waals surface area contributed by atoms with E-state index in [0.29, 0.717) is 5.41 Å². The van der Waals surface area contributed by atoms with E-state index < -0.39 is 0 Å². The van der Waals surface area contributed by atoms with Gasteiger partial charge in [0.2, 0.25) is 5.91 Å². The molecule has 0 radical (unpaired) electrons. The van der Waals surface area contributed by atoms with Crippen LogP contribution in [0.4, 0.5) is 0 Å². The molecule has 3 nitrogen and oxygen atoms in total. The van der Waals surface area contributed by atoms with Gasteiger partial charge in [-0.15, -0.1) is 0 Å². The Hall–Kier alpha value is -0.570. The highest BCUT2D eigenvalue weighted by atomic mass is 16.5. The second-order valence-electron chi connectivity index (χ2n) is 7.64. The third kappa shape index (κ3) is 2.20. The Bertz CT molecular complexity index is 338. The van der Waals surface area contributed by atoms with Crippen molar-refractivity contribution in [2.24, 2.45) is 23.2 Å². The first-order valence-corrected chi connectivity index (χ1v) is 8.12. The lowest BCUT2D eigenvalue weighted by atomic mass is 9.49. The first kappa shape index (κ1) is 12.2. The van der Waals surface area contributed by atoms with Gasteiger partial charge in [0.15, 0.2) is 0 Å². The molecule has 3 heteroatoms. The molecule has 4 saturated carbocycles. The van der Waals surface area contributed by atoms with Crippen LogP contribution in [0.1, 0.15) is 51.4 Å². The number of ether oxygens (including phenoxy) is 1. The van der Waals surface area contributed by atoms with Crippen molar-refractivity contribution >= 4 is 5.91 Å². The van der Waals surface area contributed by atoms with Crippen LogP contribution >= 0.6 is 0 Å². The van der Waals surface area contributed by atoms with Crippen LogP contribution < -0.4 is 5.32 Å². The van der Waals surface area contributed by atoms with Crippen LogP contribution in [0.3, 0.4) is 0 Å². The van der Waals surface area contributed by atoms with E-state index in [2.05, 4.69) is 5.32 Å². The van der Waals surface area contributed by atoms with Gasteiger partial charge in [0.1, 0.15) is 6.10 Å². The van der Waals surface area contributed by atoms with E-state index >= 15 is 0 Å². The molecule has 5 rings (SSSR count). The van der Waals surface area contributed by atoms with E-state index in [-0.39, 0.29) is 12.0 Å². The summed E-state index contributed by atoms with van der Waals surface area (Å²) in [6.45, 7) is 1.67. The molecule has 4 bridgehead atoms. The number of amides is 1. The predicted octanol–water partition coefficient (Wildman–Crippen LogP) is 2.50. The molecule has 1 heterocycles. The van der Waals surface area contributed by atoms with E-state index in [1.807, 2.05) is 0 Å². The van der Waals surface area contributed by atoms with Gasteiger partial charge in [-0.2, -0.15) is 0 Å². The molecule has 0 aromatic rings. The highest BCUT2D eigenvalue weighted by Gasteiger charge is 2.50. The normalized spacial score (nSPS) is 47.6. The molecule has 1 unspecified atom stereocenters. The zero-order valence-electron chi connectivity index (χ0n) is 11.7. The van der Waals surface area contributed by atoms with Crippen molar-refractivity contribution in [3.05, 3.63) is 0 Å². The monoisotopic (exact) mass is 263 g/mol. The number of carbonyl (C=O) groups is 1. The lowest BCUT2D eigenvalue weighted by Crippen LogP contribution is -2.52. The molecule has 1 amide bonds. The summed E-state index contributed by atoms with van der Waals surface area (Å²) in [7, 11) is 0. The summed E-state index contributed by atoms with van der Waals surface area (Å²) >= 11 is 0. The van der Waals surface area contributed by atoms with Crippen molar-refractivity contribution in [3.8, 4) is 0 Å². The minimum absolute atomic E-state index is 0.147. The molecular weight excluding hydrogens is 238 g/mol. The van der Waals surface area contributed by atoms with Crippen LogP contribution in [0.2, 0.25) is 0 Å². The maximum atomic E-state index is 12.1. The number of hydrogen-bond donors (Lipinski definition) is 1. The summed E-state index contributed by atoms with van der Waals surface area (Å²) in [5.74, 6) is 3.04. The Morgan fingerprint density at radius 1 is 1.11 bits per heavy atom. The maximum Gasteiger partial charge on any atom is 0.249 e. The summed E-state index contributed by atoms with van der Waals surface area (Å²) in [6.07, 6.45) is 10.3. The van der Waals surface area contributed by atoms with Crippen LogP contribution in [0.15, 0.2) is 0 Å². The third-order valence-corrected chi connectivity index (χ3v) is 6.02. The molecule has 1 atom stereocenters. The van der Waals surface area contributed by atoms with E-state index in [4.69, 9.17) is 4.74 Å². The third-order valence-electron chi connectivity index (χ3n) is 6.02. The largest absolute Gasteiger partial charge is 0.368 e. The van der Waals surface area contributed by atoms with Gasteiger partial charge in [-0.25, -0.2) is 0 Å². The Balaban J connectivity index is 1.38. The summed E-state index contributed by atoms with van der Waals surface area (Å²) < 4.78 is 5.47. The van der Waals surface area contributed by atoms with E-state index in [1.54, 1.807) is 0 Å². The molecule has 0 aromatic carbocycles. The van der Waals surface area contributed by atoms with Gasteiger partial charge < -0.3 is 10.1 Å². The van der Waals surface area contributed by atoms with Crippen LogP contribution in [0.5, 0.6) is 0 Å². The maximum absolute atomic E-state index is 12.1. The number of carbonyl (C=O) groups excluding carboxylic acids is 1. The quantitative estimate of drug-likeness (QED) is 0.849. The Morgan fingerprint density at radius 2 is 1.74 bits per heavy atom. The fourth-order valence-corrected chi connectivity index (χ4v) is 5.68. The highest BCUT2D eigenvalue weighted by molar-refractivity contribution is 5.81. The van der Waals surface area contributed by atoms with Crippen molar-refractivity contribution in [1.82, 2.24) is 5.32 Å². The van der Waals surface area contributed by atoms with Crippen LogP contribution in [0.25, 0.3) is 0 Å². The van der Waals surface area contributed by atoms with E-state index in [0.717, 1.165) is 43.7 Å². The van der Waals surface area contributed by atoms with Gasteiger partial charge in [-0.05, 0) is 74.5 Å². The fourth-order valence-electron chi connectivity index (χ4n) is 5.68. The second kappa shape index (κ2) is 4.47. The van der Waals surface area contributed by atoms with Gasteiger partial charge in [0.25, 0.3) is 0 Å². The van der Waals surface area contributed by atoms with Crippen molar-refractivity contribution < 1.29 is 9.53 Å². The topological polar surface area (TPSA) is 38.3 Å². The fraction of sp³-hybridized carbons (Fsp3) is 0.938. The average Bonchev–Trinajstić information content (AvgIpc) is 2.88. The molecule has 1 N–H and O–H groups in total. The van der Waals surface area contributed by atoms with Crippen molar-refractivity contribution in [1.29, 1.82) is 0 Å². The Labute approximate surface area is 115 Å². The van der Waals surface area contributed by atoms with Gasteiger partial charge in [0, 0.05) is 13.2 Å². The average molecular weight is 263 g/mol. The van der Waals surface area contributed by atoms with Gasteiger partial charge in [0.05, 0.1) is 0 Å². The first-order chi connectivity index (χ1) is 9.22. The van der Waals surface area contributed by atoms with Gasteiger partial charge >= 0.3 is 0 Å². The van der Waals surface area contributed by atoms with E-state index in [9.17, 15) is 4.79 Å². The molecule has 1 saturated heterocycles. The van der Waals surface area contributed by atoms with Crippen molar-refractivity contribution in [3.63, 3.8) is 0 Å². The lowest BCUT2D eigenvalue weighted by Gasteiger charge is -2.57. The Morgan fingerprint density at radius 3 is 2.26 bits per heavy atom. The van der Waals surface area contributed by atoms with Crippen molar-refractivity contribution in [2.75, 3.05) is 13.2 Å². The molecule has 19 heavy (non-hydrogen) atoms. The zero-order chi connectivity index (χ0) is 12.9. The molecule has 1 aliphatic heterocycles. The molecular formula is C16H25NO2. The Kier molecular flexibility index (Phi) is 2.87. The predicted molar refractivity (Wildman–Crippen MR) is 72.6 cm³/mol. The molecule has 4 aliphatic carbocycles. The molecule has 5 fully saturated rings. The molecule has 0 spiro atoms. The summed E-state index contributed by atoms with van der Waals surface area (Å²) in [6, 6.07) is 0. The minimum atomic E-state index is -0.158. The van der Waals surface area contributed by atoms with Gasteiger partial charge in [-0.3, -0.25) is 4.79 Å². The summed E-state index contributed by atoms with van der Waals surface area (Å²) in [5, 5.41) is 3.22. The SMILES string of the molecule is O=C(NCC12CC3CC(CC(C3)C1)C2)C1CCCO1. The van der Waals surface area contributed by atoms with Gasteiger partial charge in [-0.1, -0.05) is 0 Å². The first-order valence-electron chi connectivity index (χ1n) is 8.12. The number of rotatable bonds is 3. The zero-order valence-corrected chi connectivity index (χ0v) is 11.7. The summed E-state index contributed by atoms with van der Waals surface area (Å²) in [4.78, 5) is 12.1. The smallest absolute Gasteiger partial charge is 0.249 e. The lowest BCUT2D eigenvalue weighted by molar-refractivity contribution is -0.132. The van der Waals surface area contributed by atoms with Crippen LogP contribution in [-0.2, 0) is 9.53 Å². The molecule has 5 aliphatic rings. The standard InChI is InChI=1S/C16H25NO2/c18-15(14-2-1-3-19-14)17-10-16-7-11-4-12(8-16)6-13(5-11)9-16/h11-14H,1-10H2,(H,17,18). The van der Waals surface area contributed by atoms with Crippen LogP contribution in [-0.4, -0.2) is 25.2 Å². The minimum Gasteiger partial charge on any atom is -0.368 e. The number of nitrogens with one attached hydrogen (secondary N) is 1. The highest BCUT2D eigenvalue weighted by Crippen LogP contribution is 2.59. The molecule has 0 aromatic heterocycles. The number of hydrogen-bond acceptors (Lipinski definition) is 2. The van der Waals surface area contributed by atoms with Crippen molar-refractivity contribution in [2.45, 2.75) is 57.5 Å². The molecule has 106 valence electrons. The van der Waals surface area contributed by atoms with Crippen LogP contribution in [0, 0.1) is 23.2 Å². The van der Waals surface area contributed by atoms with E-state index in [1.165, 1.54) is 38.5 Å².